The van der Waals surface area contributed by atoms with E-state index in [2.05, 4.69) is 5.32 Å². The summed E-state index contributed by atoms with van der Waals surface area (Å²) in [6.07, 6.45) is 0. The fraction of sp³-hybridized carbons (Fsp3) is 0.250. The molecule has 0 fully saturated rings. The summed E-state index contributed by atoms with van der Waals surface area (Å²) in [6, 6.07) is 1.15. The summed E-state index contributed by atoms with van der Waals surface area (Å²) in [5.74, 6) is -3.35. The van der Waals surface area contributed by atoms with Crippen LogP contribution in [-0.2, 0) is 6.61 Å². The molecule has 1 rings (SSSR count). The van der Waals surface area contributed by atoms with E-state index in [1.165, 1.54) is 7.05 Å². The maximum absolute atomic E-state index is 12.9. The topological polar surface area (TPSA) is 52.5 Å². The molecule has 72 valence electrons. The lowest BCUT2D eigenvalue weighted by molar-refractivity contribution is 0.272. The van der Waals surface area contributed by atoms with Crippen molar-refractivity contribution < 1.29 is 19.0 Å². The summed E-state index contributed by atoms with van der Waals surface area (Å²) in [5.41, 5.74) is -0.150. The molecular weight excluding hydrogens is 180 g/mol. The molecule has 0 spiro atoms. The van der Waals surface area contributed by atoms with Crippen molar-refractivity contribution in [2.24, 2.45) is 0 Å². The Labute approximate surface area is 73.6 Å². The van der Waals surface area contributed by atoms with E-state index in [1.54, 1.807) is 0 Å². The lowest BCUT2D eigenvalue weighted by Crippen LogP contribution is -1.99. The zero-order valence-electron chi connectivity index (χ0n) is 6.93. The molecule has 0 heterocycles. The van der Waals surface area contributed by atoms with Gasteiger partial charge in [0.1, 0.15) is 0 Å². The van der Waals surface area contributed by atoms with E-state index in [0.717, 1.165) is 6.07 Å². The number of nitrogens with one attached hydrogen (secondary N) is 1. The molecule has 0 atom stereocenters. The minimum absolute atomic E-state index is 0.0444. The van der Waals surface area contributed by atoms with Crippen LogP contribution in [0.15, 0.2) is 6.07 Å². The van der Waals surface area contributed by atoms with Crippen LogP contribution in [0.2, 0.25) is 0 Å². The Bertz CT molecular complexity index is 300. The molecule has 0 aliphatic rings. The first-order valence-electron chi connectivity index (χ1n) is 3.60. The van der Waals surface area contributed by atoms with Crippen LogP contribution in [-0.4, -0.2) is 17.3 Å². The van der Waals surface area contributed by atoms with Crippen molar-refractivity contribution >= 4 is 5.69 Å². The molecule has 0 aliphatic carbocycles. The highest BCUT2D eigenvalue weighted by Crippen LogP contribution is 2.30. The first-order valence-corrected chi connectivity index (χ1v) is 3.60. The van der Waals surface area contributed by atoms with Crippen molar-refractivity contribution in [3.05, 3.63) is 23.3 Å². The number of rotatable bonds is 2. The van der Waals surface area contributed by atoms with Crippen LogP contribution in [0.5, 0.6) is 5.75 Å². The third-order valence-electron chi connectivity index (χ3n) is 1.70. The van der Waals surface area contributed by atoms with Gasteiger partial charge in [-0.15, -0.1) is 0 Å². The Kier molecular flexibility index (Phi) is 2.67. The van der Waals surface area contributed by atoms with Crippen molar-refractivity contribution in [1.82, 2.24) is 0 Å². The fourth-order valence-corrected chi connectivity index (χ4v) is 0.975. The van der Waals surface area contributed by atoms with E-state index >= 15 is 0 Å². The van der Waals surface area contributed by atoms with Crippen molar-refractivity contribution in [2.45, 2.75) is 6.61 Å². The summed E-state index contributed by atoms with van der Waals surface area (Å²) in [4.78, 5) is 0. The SMILES string of the molecule is CNc1cc(CO)c(F)c(F)c1O. The van der Waals surface area contributed by atoms with Crippen LogP contribution < -0.4 is 5.32 Å². The van der Waals surface area contributed by atoms with E-state index < -0.39 is 24.0 Å². The average molecular weight is 189 g/mol. The number of hydrogen-bond acceptors (Lipinski definition) is 3. The Balaban J connectivity index is 3.36. The molecule has 3 nitrogen and oxygen atoms in total. The second kappa shape index (κ2) is 3.57. The molecule has 0 unspecified atom stereocenters. The number of hydrogen-bond donors (Lipinski definition) is 3. The van der Waals surface area contributed by atoms with Gasteiger partial charge in [-0.3, -0.25) is 0 Å². The zero-order valence-corrected chi connectivity index (χ0v) is 6.93. The van der Waals surface area contributed by atoms with Crippen molar-refractivity contribution in [2.75, 3.05) is 12.4 Å². The molecule has 0 saturated heterocycles. The lowest BCUT2D eigenvalue weighted by atomic mass is 10.1. The molecule has 13 heavy (non-hydrogen) atoms. The van der Waals surface area contributed by atoms with Gasteiger partial charge in [0.15, 0.2) is 11.6 Å². The van der Waals surface area contributed by atoms with Gasteiger partial charge in [-0.2, -0.15) is 4.39 Å². The third-order valence-corrected chi connectivity index (χ3v) is 1.70. The highest BCUT2D eigenvalue weighted by molar-refractivity contribution is 5.58. The third kappa shape index (κ3) is 1.55. The molecule has 0 aliphatic heterocycles. The highest BCUT2D eigenvalue weighted by atomic mass is 19.2. The van der Waals surface area contributed by atoms with Crippen LogP contribution in [0, 0.1) is 11.6 Å². The van der Waals surface area contributed by atoms with Gasteiger partial charge in [0.2, 0.25) is 5.82 Å². The summed E-state index contributed by atoms with van der Waals surface area (Å²) in [6.45, 7) is -0.613. The summed E-state index contributed by atoms with van der Waals surface area (Å²) >= 11 is 0. The maximum Gasteiger partial charge on any atom is 0.202 e. The first kappa shape index (κ1) is 9.73. The Morgan fingerprint density at radius 2 is 2.00 bits per heavy atom. The summed E-state index contributed by atoms with van der Waals surface area (Å²) < 4.78 is 25.7. The number of aliphatic hydroxyl groups excluding tert-OH is 1. The van der Waals surface area contributed by atoms with Gasteiger partial charge >= 0.3 is 0 Å². The number of aliphatic hydroxyl groups is 1. The molecule has 0 saturated carbocycles. The van der Waals surface area contributed by atoms with Gasteiger partial charge < -0.3 is 15.5 Å². The zero-order chi connectivity index (χ0) is 10.0. The lowest BCUT2D eigenvalue weighted by Gasteiger charge is -2.08. The normalized spacial score (nSPS) is 10.2. The molecule has 0 bridgehead atoms. The van der Waals surface area contributed by atoms with E-state index in [-0.39, 0.29) is 11.3 Å². The Hall–Kier alpha value is -1.36. The Morgan fingerprint density at radius 3 is 2.46 bits per heavy atom. The largest absolute Gasteiger partial charge is 0.503 e. The van der Waals surface area contributed by atoms with E-state index in [0.29, 0.717) is 0 Å². The van der Waals surface area contributed by atoms with E-state index in [4.69, 9.17) is 10.2 Å². The van der Waals surface area contributed by atoms with Crippen LogP contribution in [0.3, 0.4) is 0 Å². The second-order valence-electron chi connectivity index (χ2n) is 2.47. The summed E-state index contributed by atoms with van der Waals surface area (Å²) in [5, 5.41) is 20.1. The molecule has 0 aromatic heterocycles. The van der Waals surface area contributed by atoms with Gasteiger partial charge in [0.05, 0.1) is 12.3 Å². The predicted molar refractivity (Wildman–Crippen MR) is 43.5 cm³/mol. The number of halogens is 2. The monoisotopic (exact) mass is 189 g/mol. The molecular formula is C8H9F2NO2. The Morgan fingerprint density at radius 1 is 1.38 bits per heavy atom. The van der Waals surface area contributed by atoms with Crippen molar-refractivity contribution in [3.63, 3.8) is 0 Å². The second-order valence-corrected chi connectivity index (χ2v) is 2.47. The average Bonchev–Trinajstić information content (AvgIpc) is 2.15. The molecule has 0 amide bonds. The van der Waals surface area contributed by atoms with Gasteiger partial charge in [-0.05, 0) is 6.07 Å². The van der Waals surface area contributed by atoms with Crippen molar-refractivity contribution in [1.29, 1.82) is 0 Å². The van der Waals surface area contributed by atoms with Crippen LogP contribution in [0.1, 0.15) is 5.56 Å². The first-order chi connectivity index (χ1) is 6.11. The van der Waals surface area contributed by atoms with Gasteiger partial charge in [-0.1, -0.05) is 0 Å². The minimum Gasteiger partial charge on any atom is -0.503 e. The van der Waals surface area contributed by atoms with Gasteiger partial charge in [-0.25, -0.2) is 4.39 Å². The molecule has 1 aromatic carbocycles. The minimum atomic E-state index is -1.35. The van der Waals surface area contributed by atoms with E-state index in [1.807, 2.05) is 0 Å². The van der Waals surface area contributed by atoms with Crippen LogP contribution in [0.25, 0.3) is 0 Å². The number of benzene rings is 1. The van der Waals surface area contributed by atoms with Gasteiger partial charge in [0.25, 0.3) is 0 Å². The van der Waals surface area contributed by atoms with Crippen molar-refractivity contribution in [3.8, 4) is 5.75 Å². The van der Waals surface area contributed by atoms with Crippen LogP contribution in [0.4, 0.5) is 14.5 Å². The highest BCUT2D eigenvalue weighted by Gasteiger charge is 2.16. The smallest absolute Gasteiger partial charge is 0.202 e. The standard InChI is InChI=1S/C8H9F2NO2/c1-11-5-2-4(3-12)6(9)7(10)8(5)13/h2,11-13H,3H2,1H3. The fourth-order valence-electron chi connectivity index (χ4n) is 0.975. The number of aromatic hydroxyl groups is 1. The van der Waals surface area contributed by atoms with Crippen LogP contribution >= 0.6 is 0 Å². The quantitative estimate of drug-likeness (QED) is 0.613. The molecule has 5 heteroatoms. The molecule has 0 radical (unpaired) electrons. The number of phenols is 1. The maximum atomic E-state index is 12.9. The van der Waals surface area contributed by atoms with E-state index in [9.17, 15) is 8.78 Å². The molecule has 3 N–H and O–H groups in total. The number of anilines is 1. The molecule has 1 aromatic rings. The van der Waals surface area contributed by atoms with Gasteiger partial charge in [0, 0.05) is 12.6 Å². The number of phenolic OH excluding ortho intramolecular Hbond substituents is 1. The predicted octanol–water partition coefficient (Wildman–Crippen LogP) is 1.20. The summed E-state index contributed by atoms with van der Waals surface area (Å²) in [7, 11) is 1.45.